The van der Waals surface area contributed by atoms with Gasteiger partial charge < -0.3 is 5.32 Å². The molecule has 3 nitrogen and oxygen atoms in total. The third-order valence-electron chi connectivity index (χ3n) is 1.31. The Hall–Kier alpha value is -0.805. The van der Waals surface area contributed by atoms with E-state index in [2.05, 4.69) is 10.3 Å². The molecule has 0 aliphatic rings. The number of nitrogens with zero attached hydrogens (tertiary/aromatic N) is 1. The second-order valence-corrected chi connectivity index (χ2v) is 4.01. The summed E-state index contributed by atoms with van der Waals surface area (Å²) in [5.41, 5.74) is 1.06. The van der Waals surface area contributed by atoms with Crippen LogP contribution in [0.3, 0.4) is 0 Å². The number of hydrogen-bond acceptors (Lipinski definition) is 4. The number of pyridine rings is 1. The van der Waals surface area contributed by atoms with Crippen LogP contribution in [-0.2, 0) is 0 Å². The number of carbonyl (C=O) groups is 1. The molecule has 5 heteroatoms. The molecular formula is C10H15BN2OS. The van der Waals surface area contributed by atoms with Crippen molar-refractivity contribution in [1.29, 1.82) is 0 Å². The van der Waals surface area contributed by atoms with Crippen molar-refractivity contribution >= 4 is 31.4 Å². The summed E-state index contributed by atoms with van der Waals surface area (Å²) in [7, 11) is 9.27. The van der Waals surface area contributed by atoms with Crippen molar-refractivity contribution in [3.8, 4) is 0 Å². The lowest BCUT2D eigenvalue weighted by Crippen LogP contribution is -2.06. The number of rotatable bonds is 3. The summed E-state index contributed by atoms with van der Waals surface area (Å²) in [6.45, 7) is 2.02. The highest BCUT2D eigenvalue weighted by molar-refractivity contribution is 7.99. The molecule has 1 N–H and O–H groups in total. The average Bonchev–Trinajstić information content (AvgIpc) is 2.20. The summed E-state index contributed by atoms with van der Waals surface area (Å²) >= 11 is 1.57. The first kappa shape index (κ1) is 14.2. The molecule has 0 saturated carbocycles. The molecule has 0 bridgehead atoms. The predicted molar refractivity (Wildman–Crippen MR) is 66.4 cm³/mol. The minimum atomic E-state index is 0.469. The molecule has 1 aromatic rings. The summed E-state index contributed by atoms with van der Waals surface area (Å²) in [5.74, 6) is 0.909. The number of aromatic nitrogens is 1. The predicted octanol–water partition coefficient (Wildman–Crippen LogP) is 0.635. The van der Waals surface area contributed by atoms with E-state index in [1.165, 1.54) is 6.20 Å². The molecule has 1 rings (SSSR count). The molecule has 0 aliphatic heterocycles. The minimum absolute atomic E-state index is 0.469. The summed E-state index contributed by atoms with van der Waals surface area (Å²) in [5, 5.41) is 2.75. The number of thioether (sulfide) groups is 1. The summed E-state index contributed by atoms with van der Waals surface area (Å²) in [4.78, 5) is 15.3. The van der Waals surface area contributed by atoms with Gasteiger partial charge in [0.1, 0.15) is 13.5 Å². The minimum Gasteiger partial charge on any atom is -0.323 e. The third kappa shape index (κ3) is 5.59. The lowest BCUT2D eigenvalue weighted by atomic mass is 9.99. The molecule has 0 amide bonds. The van der Waals surface area contributed by atoms with E-state index < -0.39 is 0 Å². The molecular weight excluding hydrogens is 207 g/mol. The van der Waals surface area contributed by atoms with Crippen LogP contribution in [0.5, 0.6) is 0 Å². The van der Waals surface area contributed by atoms with E-state index in [-0.39, 0.29) is 0 Å². The Balaban J connectivity index is 0.000000583. The molecule has 0 fully saturated rings. The van der Waals surface area contributed by atoms with Gasteiger partial charge in [0.15, 0.2) is 6.29 Å². The maximum atomic E-state index is 10.5. The van der Waals surface area contributed by atoms with Crippen LogP contribution in [-0.4, -0.2) is 39.0 Å². The van der Waals surface area contributed by atoms with Gasteiger partial charge in [-0.25, -0.2) is 0 Å². The molecule has 15 heavy (non-hydrogen) atoms. The second-order valence-electron chi connectivity index (χ2n) is 2.70. The Kier molecular flexibility index (Phi) is 8.04. The van der Waals surface area contributed by atoms with Crippen molar-refractivity contribution in [3.63, 3.8) is 0 Å². The fraction of sp³-hybridized carbons (Fsp3) is 0.400. The largest absolute Gasteiger partial charge is 0.323 e. The molecule has 0 unspecified atom stereocenters. The molecule has 0 atom stereocenters. The lowest BCUT2D eigenvalue weighted by Gasteiger charge is -2.02. The van der Waals surface area contributed by atoms with Gasteiger partial charge >= 0.3 is 0 Å². The summed E-state index contributed by atoms with van der Waals surface area (Å²) in [6.07, 6.45) is 2.24. The van der Waals surface area contributed by atoms with E-state index in [1.807, 2.05) is 21.0 Å². The van der Waals surface area contributed by atoms with Gasteiger partial charge in [0, 0.05) is 11.1 Å². The van der Waals surface area contributed by atoms with Gasteiger partial charge in [-0.3, -0.25) is 9.78 Å². The van der Waals surface area contributed by atoms with Gasteiger partial charge in [0.05, 0.1) is 0 Å². The Morgan fingerprint density at radius 3 is 2.67 bits per heavy atom. The molecule has 0 spiro atoms. The molecule has 0 aromatic carbocycles. The SMILES string of the molecule is CNC.[B]c1cnc(C=O)c(SCC)c1. The van der Waals surface area contributed by atoms with Gasteiger partial charge in [-0.1, -0.05) is 18.5 Å². The standard InChI is InChI=1S/C8H8BNOS.C2H7N/c1-2-12-8-3-6(9)4-10-7(8)5-11;1-3-2/h3-5H,2H2,1H3;3H,1-2H3. The van der Waals surface area contributed by atoms with Crippen LogP contribution in [0.4, 0.5) is 0 Å². The number of aldehydes is 1. The molecule has 0 saturated heterocycles. The normalized spacial score (nSPS) is 9.00. The number of hydrogen-bond donors (Lipinski definition) is 1. The summed E-state index contributed by atoms with van der Waals surface area (Å²) < 4.78 is 0. The first-order valence-corrected chi connectivity index (χ1v) is 5.60. The first-order chi connectivity index (χ1) is 7.19. The van der Waals surface area contributed by atoms with Gasteiger partial charge in [0.25, 0.3) is 0 Å². The quantitative estimate of drug-likeness (QED) is 0.463. The highest BCUT2D eigenvalue weighted by Gasteiger charge is 2.01. The fourth-order valence-corrected chi connectivity index (χ4v) is 1.61. The lowest BCUT2D eigenvalue weighted by molar-refractivity contribution is 0.111. The third-order valence-corrected chi connectivity index (χ3v) is 2.24. The van der Waals surface area contributed by atoms with Gasteiger partial charge in [0.2, 0.25) is 0 Å². The molecule has 2 radical (unpaired) electrons. The van der Waals surface area contributed by atoms with Gasteiger partial charge in [-0.15, -0.1) is 11.8 Å². The van der Waals surface area contributed by atoms with Crippen molar-refractivity contribution in [2.24, 2.45) is 0 Å². The zero-order valence-electron chi connectivity index (χ0n) is 9.28. The second kappa shape index (κ2) is 8.50. The zero-order chi connectivity index (χ0) is 11.7. The van der Waals surface area contributed by atoms with E-state index in [9.17, 15) is 4.79 Å². The monoisotopic (exact) mass is 222 g/mol. The molecule has 80 valence electrons. The van der Waals surface area contributed by atoms with E-state index in [1.54, 1.807) is 17.8 Å². The van der Waals surface area contributed by atoms with Gasteiger partial charge in [-0.05, 0) is 19.8 Å². The Bertz CT molecular complexity index is 307. The van der Waals surface area contributed by atoms with Crippen molar-refractivity contribution < 1.29 is 4.79 Å². The Morgan fingerprint density at radius 2 is 2.20 bits per heavy atom. The van der Waals surface area contributed by atoms with Crippen LogP contribution in [0.25, 0.3) is 0 Å². The molecule has 0 aliphatic carbocycles. The Labute approximate surface area is 96.5 Å². The Morgan fingerprint density at radius 1 is 1.60 bits per heavy atom. The maximum Gasteiger partial charge on any atom is 0.169 e. The van der Waals surface area contributed by atoms with Crippen LogP contribution < -0.4 is 10.8 Å². The summed E-state index contributed by atoms with van der Waals surface area (Å²) in [6, 6.07) is 1.77. The van der Waals surface area contributed by atoms with Crippen molar-refractivity contribution in [2.75, 3.05) is 19.8 Å². The van der Waals surface area contributed by atoms with Crippen molar-refractivity contribution in [2.45, 2.75) is 11.8 Å². The fourth-order valence-electron chi connectivity index (χ4n) is 0.830. The maximum absolute atomic E-state index is 10.5. The zero-order valence-corrected chi connectivity index (χ0v) is 10.1. The van der Waals surface area contributed by atoms with E-state index in [0.717, 1.165) is 16.9 Å². The van der Waals surface area contributed by atoms with E-state index in [4.69, 9.17) is 7.85 Å². The van der Waals surface area contributed by atoms with E-state index >= 15 is 0 Å². The van der Waals surface area contributed by atoms with Crippen LogP contribution in [0.1, 0.15) is 17.4 Å². The first-order valence-electron chi connectivity index (χ1n) is 4.61. The van der Waals surface area contributed by atoms with Crippen molar-refractivity contribution in [1.82, 2.24) is 10.3 Å². The van der Waals surface area contributed by atoms with Crippen molar-refractivity contribution in [3.05, 3.63) is 18.0 Å². The highest BCUT2D eigenvalue weighted by atomic mass is 32.2. The number of nitrogens with one attached hydrogen (secondary N) is 1. The smallest absolute Gasteiger partial charge is 0.169 e. The van der Waals surface area contributed by atoms with E-state index in [0.29, 0.717) is 11.2 Å². The van der Waals surface area contributed by atoms with Crippen LogP contribution in [0.15, 0.2) is 17.2 Å². The molecule has 1 aromatic heterocycles. The topological polar surface area (TPSA) is 42.0 Å². The van der Waals surface area contributed by atoms with Crippen LogP contribution >= 0.6 is 11.8 Å². The molecule has 1 heterocycles. The highest BCUT2D eigenvalue weighted by Crippen LogP contribution is 2.17. The van der Waals surface area contributed by atoms with Gasteiger partial charge in [-0.2, -0.15) is 0 Å². The average molecular weight is 222 g/mol. The van der Waals surface area contributed by atoms with Crippen LogP contribution in [0, 0.1) is 0 Å². The van der Waals surface area contributed by atoms with Crippen LogP contribution in [0.2, 0.25) is 0 Å². The number of carbonyl (C=O) groups excluding carboxylic acids is 1.